The largest absolute Gasteiger partial charge is 0.365 e. The molecule has 1 fully saturated rings. The molecule has 0 aliphatic heterocycles. The Kier molecular flexibility index (Phi) is 3.88. The van der Waals surface area contributed by atoms with Crippen molar-refractivity contribution in [3.05, 3.63) is 46.5 Å². The van der Waals surface area contributed by atoms with Crippen molar-refractivity contribution in [2.24, 2.45) is 0 Å². The van der Waals surface area contributed by atoms with Crippen LogP contribution in [0.25, 0.3) is 0 Å². The van der Waals surface area contributed by atoms with E-state index >= 15 is 0 Å². The Hall–Kier alpha value is -1.95. The summed E-state index contributed by atoms with van der Waals surface area (Å²) in [4.78, 5) is 16.2. The van der Waals surface area contributed by atoms with E-state index in [4.69, 9.17) is 9.26 Å². The third-order valence-corrected chi connectivity index (χ3v) is 3.90. The van der Waals surface area contributed by atoms with Gasteiger partial charge in [-0.1, -0.05) is 11.2 Å². The molecule has 0 bridgehead atoms. The van der Waals surface area contributed by atoms with Gasteiger partial charge in [0, 0.05) is 18.9 Å². The van der Waals surface area contributed by atoms with Gasteiger partial charge in [-0.2, -0.15) is 4.98 Å². The van der Waals surface area contributed by atoms with E-state index in [9.17, 15) is 4.79 Å². The van der Waals surface area contributed by atoms with Crippen molar-refractivity contribution in [3.63, 3.8) is 0 Å². The van der Waals surface area contributed by atoms with E-state index < -0.39 is 5.60 Å². The molecule has 0 radical (unpaired) electrons. The Bertz CT molecular complexity index is 656. The molecule has 2 aromatic rings. The minimum atomic E-state index is -0.429. The third kappa shape index (κ3) is 2.76. The molecule has 0 atom stereocenters. The molecule has 1 aliphatic rings. The van der Waals surface area contributed by atoms with Crippen molar-refractivity contribution < 1.29 is 9.26 Å². The van der Waals surface area contributed by atoms with Gasteiger partial charge in [-0.15, -0.1) is 0 Å². The van der Waals surface area contributed by atoms with Crippen LogP contribution < -0.4 is 5.56 Å². The minimum Gasteiger partial charge on any atom is -0.365 e. The lowest BCUT2D eigenvalue weighted by molar-refractivity contribution is -0.0610. The highest BCUT2D eigenvalue weighted by atomic mass is 16.5. The maximum absolute atomic E-state index is 11.7. The number of nitrogens with zero attached hydrogens (tertiary/aromatic N) is 3. The molecule has 0 aromatic carbocycles. The van der Waals surface area contributed by atoms with Gasteiger partial charge in [-0.05, 0) is 38.7 Å². The van der Waals surface area contributed by atoms with Crippen LogP contribution in [0.3, 0.4) is 0 Å². The highest BCUT2D eigenvalue weighted by Gasteiger charge is 2.41. The lowest BCUT2D eigenvalue weighted by atomic mass is 10.0. The summed E-state index contributed by atoms with van der Waals surface area (Å²) >= 11 is 0. The molecule has 0 saturated heterocycles. The first-order valence-electron chi connectivity index (χ1n) is 7.36. The molecule has 0 spiro atoms. The van der Waals surface area contributed by atoms with Gasteiger partial charge in [0.05, 0.1) is 6.54 Å². The van der Waals surface area contributed by atoms with E-state index in [1.807, 2.05) is 6.92 Å². The molecule has 6 nitrogen and oxygen atoms in total. The van der Waals surface area contributed by atoms with Crippen LogP contribution in [0.4, 0.5) is 0 Å². The van der Waals surface area contributed by atoms with Crippen LogP contribution in [-0.2, 0) is 16.9 Å². The number of rotatable bonds is 5. The van der Waals surface area contributed by atoms with Gasteiger partial charge in [0.2, 0.25) is 0 Å². The Morgan fingerprint density at radius 2 is 2.19 bits per heavy atom. The molecule has 3 rings (SSSR count). The van der Waals surface area contributed by atoms with Gasteiger partial charge >= 0.3 is 0 Å². The molecule has 0 N–H and O–H groups in total. The van der Waals surface area contributed by atoms with E-state index in [1.165, 1.54) is 6.07 Å². The van der Waals surface area contributed by atoms with E-state index in [0.717, 1.165) is 25.7 Å². The predicted molar refractivity (Wildman–Crippen MR) is 75.9 cm³/mol. The Balaban J connectivity index is 1.83. The molecular formula is C15H19N3O3. The summed E-state index contributed by atoms with van der Waals surface area (Å²) < 4.78 is 12.9. The maximum Gasteiger partial charge on any atom is 0.258 e. The van der Waals surface area contributed by atoms with Crippen LogP contribution >= 0.6 is 0 Å². The summed E-state index contributed by atoms with van der Waals surface area (Å²) in [5.74, 6) is 1.05. The average molecular weight is 289 g/mol. The van der Waals surface area contributed by atoms with Crippen LogP contribution in [0.2, 0.25) is 0 Å². The van der Waals surface area contributed by atoms with Gasteiger partial charge in [0.1, 0.15) is 5.60 Å². The molecule has 2 heterocycles. The van der Waals surface area contributed by atoms with Crippen molar-refractivity contribution in [1.82, 2.24) is 14.7 Å². The molecule has 2 aromatic heterocycles. The Labute approximate surface area is 122 Å². The minimum absolute atomic E-state index is 0.0794. The van der Waals surface area contributed by atoms with Crippen LogP contribution in [0.15, 0.2) is 33.7 Å². The Morgan fingerprint density at radius 1 is 1.38 bits per heavy atom. The van der Waals surface area contributed by atoms with E-state index in [1.54, 1.807) is 22.9 Å². The van der Waals surface area contributed by atoms with Crippen molar-refractivity contribution in [3.8, 4) is 0 Å². The normalized spacial score (nSPS) is 17.2. The molecule has 112 valence electrons. The molecule has 21 heavy (non-hydrogen) atoms. The van der Waals surface area contributed by atoms with E-state index in [2.05, 4.69) is 10.1 Å². The lowest BCUT2D eigenvalue weighted by Gasteiger charge is -2.24. The van der Waals surface area contributed by atoms with Gasteiger partial charge in [-0.3, -0.25) is 4.79 Å². The second kappa shape index (κ2) is 5.81. The van der Waals surface area contributed by atoms with Crippen molar-refractivity contribution in [2.75, 3.05) is 6.61 Å². The van der Waals surface area contributed by atoms with Gasteiger partial charge in [0.25, 0.3) is 11.4 Å². The first-order valence-corrected chi connectivity index (χ1v) is 7.36. The number of hydrogen-bond acceptors (Lipinski definition) is 5. The summed E-state index contributed by atoms with van der Waals surface area (Å²) in [5.41, 5.74) is -0.508. The van der Waals surface area contributed by atoms with Gasteiger partial charge in [0.15, 0.2) is 5.82 Å². The monoisotopic (exact) mass is 289 g/mol. The first-order chi connectivity index (χ1) is 10.2. The summed E-state index contributed by atoms with van der Waals surface area (Å²) in [5, 5.41) is 4.00. The van der Waals surface area contributed by atoms with Crippen LogP contribution in [0.5, 0.6) is 0 Å². The summed E-state index contributed by atoms with van der Waals surface area (Å²) in [6, 6.07) is 5.03. The molecule has 1 saturated carbocycles. The number of ether oxygens (including phenoxy) is 1. The fourth-order valence-corrected chi connectivity index (χ4v) is 2.89. The standard InChI is InChI=1S/C15H19N3O3/c1-2-20-15(8-4-5-9-15)14-16-12(17-21-14)11-18-10-6-3-7-13(18)19/h3,6-7,10H,2,4-5,8-9,11H2,1H3. The second-order valence-corrected chi connectivity index (χ2v) is 5.32. The van der Waals surface area contributed by atoms with Gasteiger partial charge < -0.3 is 13.8 Å². The number of aromatic nitrogens is 3. The van der Waals surface area contributed by atoms with Crippen molar-refractivity contribution in [1.29, 1.82) is 0 Å². The second-order valence-electron chi connectivity index (χ2n) is 5.32. The highest BCUT2D eigenvalue weighted by Crippen LogP contribution is 2.41. The molecular weight excluding hydrogens is 270 g/mol. The van der Waals surface area contributed by atoms with E-state index in [-0.39, 0.29) is 5.56 Å². The van der Waals surface area contributed by atoms with E-state index in [0.29, 0.717) is 24.9 Å². The summed E-state index contributed by atoms with van der Waals surface area (Å²) in [6.07, 6.45) is 5.75. The fourth-order valence-electron chi connectivity index (χ4n) is 2.89. The topological polar surface area (TPSA) is 70.2 Å². The summed E-state index contributed by atoms with van der Waals surface area (Å²) in [7, 11) is 0. The van der Waals surface area contributed by atoms with Crippen molar-refractivity contribution >= 4 is 0 Å². The molecule has 0 amide bonds. The van der Waals surface area contributed by atoms with Gasteiger partial charge in [-0.25, -0.2) is 0 Å². The molecule has 1 aliphatic carbocycles. The highest BCUT2D eigenvalue weighted by molar-refractivity contribution is 5.04. The third-order valence-electron chi connectivity index (χ3n) is 3.90. The molecule has 0 unspecified atom stereocenters. The lowest BCUT2D eigenvalue weighted by Crippen LogP contribution is -2.26. The SMILES string of the molecule is CCOC1(c2nc(Cn3ccccc3=O)no2)CCCC1. The number of hydrogen-bond donors (Lipinski definition) is 0. The number of pyridine rings is 1. The smallest absolute Gasteiger partial charge is 0.258 e. The first kappa shape index (κ1) is 14.0. The summed E-state index contributed by atoms with van der Waals surface area (Å²) in [6.45, 7) is 2.90. The zero-order valence-electron chi connectivity index (χ0n) is 12.1. The zero-order valence-corrected chi connectivity index (χ0v) is 12.1. The predicted octanol–water partition coefficient (Wildman–Crippen LogP) is 2.09. The molecule has 6 heteroatoms. The maximum atomic E-state index is 11.7. The van der Waals surface area contributed by atoms with Crippen LogP contribution in [-0.4, -0.2) is 21.3 Å². The fraction of sp³-hybridized carbons (Fsp3) is 0.533. The van der Waals surface area contributed by atoms with Crippen molar-refractivity contribution in [2.45, 2.75) is 44.8 Å². The quantitative estimate of drug-likeness (QED) is 0.843. The van der Waals surface area contributed by atoms with Crippen LogP contribution in [0.1, 0.15) is 44.3 Å². The average Bonchev–Trinajstić information content (AvgIpc) is 3.12. The Morgan fingerprint density at radius 3 is 2.90 bits per heavy atom. The zero-order chi connectivity index (χ0) is 14.7. The van der Waals surface area contributed by atoms with Crippen LogP contribution in [0, 0.1) is 0 Å².